The van der Waals surface area contributed by atoms with Gasteiger partial charge in [0.25, 0.3) is 0 Å². The number of nitrogens with one attached hydrogen (secondary N) is 2. The van der Waals surface area contributed by atoms with Crippen molar-refractivity contribution in [2.75, 3.05) is 13.2 Å². The summed E-state index contributed by atoms with van der Waals surface area (Å²) in [5.74, 6) is 0.413. The fraction of sp³-hybridized carbons (Fsp3) is 0.714. The summed E-state index contributed by atoms with van der Waals surface area (Å²) in [5, 5.41) is 18.3. The summed E-state index contributed by atoms with van der Waals surface area (Å²) in [5.41, 5.74) is 0.579. The fourth-order valence-corrected chi connectivity index (χ4v) is 3.07. The molecule has 1 aromatic heterocycles. The van der Waals surface area contributed by atoms with Crippen molar-refractivity contribution in [3.8, 4) is 0 Å². The van der Waals surface area contributed by atoms with Crippen molar-refractivity contribution in [3.63, 3.8) is 0 Å². The van der Waals surface area contributed by atoms with Crippen molar-refractivity contribution < 1.29 is 9.90 Å². The van der Waals surface area contributed by atoms with Gasteiger partial charge < -0.3 is 15.7 Å². The number of hydrogen-bond donors (Lipinski definition) is 3. The molecule has 1 aliphatic rings. The zero-order valence-electron chi connectivity index (χ0n) is 12.1. The minimum Gasteiger partial charge on any atom is -0.394 e. The third-order valence-electron chi connectivity index (χ3n) is 3.73. The Morgan fingerprint density at radius 3 is 2.90 bits per heavy atom. The number of carbonyl (C=O) groups excluding carboxylic acids is 1. The molecule has 3 N–H and O–H groups in total. The van der Waals surface area contributed by atoms with Crippen LogP contribution in [0.1, 0.15) is 36.9 Å². The molecule has 1 atom stereocenters. The second kappa shape index (κ2) is 6.54. The molecule has 0 aromatic carbocycles. The van der Waals surface area contributed by atoms with Gasteiger partial charge in [0.1, 0.15) is 0 Å². The molecule has 6 heteroatoms. The van der Waals surface area contributed by atoms with Crippen LogP contribution in [0.5, 0.6) is 0 Å². The number of urea groups is 1. The lowest BCUT2D eigenvalue weighted by Crippen LogP contribution is -2.54. The van der Waals surface area contributed by atoms with Crippen molar-refractivity contribution in [2.45, 2.75) is 45.1 Å². The molecule has 0 aliphatic heterocycles. The number of carbonyl (C=O) groups is 1. The Balaban J connectivity index is 1.65. The van der Waals surface area contributed by atoms with Crippen LogP contribution >= 0.6 is 11.3 Å². The molecule has 2 rings (SSSR count). The summed E-state index contributed by atoms with van der Waals surface area (Å²) >= 11 is 1.66. The molecular formula is C14H23N3O2S. The third kappa shape index (κ3) is 4.18. The Labute approximate surface area is 123 Å². The van der Waals surface area contributed by atoms with Gasteiger partial charge in [0.05, 0.1) is 17.2 Å². The van der Waals surface area contributed by atoms with E-state index in [1.807, 2.05) is 19.2 Å². The second-order valence-corrected chi connectivity index (χ2v) is 6.66. The fourth-order valence-electron chi connectivity index (χ4n) is 2.25. The van der Waals surface area contributed by atoms with Crippen LogP contribution in [-0.2, 0) is 6.42 Å². The highest BCUT2D eigenvalue weighted by Crippen LogP contribution is 2.39. The van der Waals surface area contributed by atoms with Crippen LogP contribution in [0.4, 0.5) is 4.79 Å². The van der Waals surface area contributed by atoms with E-state index in [-0.39, 0.29) is 12.6 Å². The number of hydrogen-bond acceptors (Lipinski definition) is 4. The Hall–Kier alpha value is -1.14. The highest BCUT2D eigenvalue weighted by Gasteiger charge is 2.42. The van der Waals surface area contributed by atoms with Gasteiger partial charge in [-0.05, 0) is 39.0 Å². The van der Waals surface area contributed by atoms with Crippen molar-refractivity contribution in [2.24, 2.45) is 5.92 Å². The molecule has 20 heavy (non-hydrogen) atoms. The van der Waals surface area contributed by atoms with Crippen LogP contribution in [-0.4, -0.2) is 34.8 Å². The van der Waals surface area contributed by atoms with Crippen LogP contribution in [0.25, 0.3) is 0 Å². The highest BCUT2D eigenvalue weighted by molar-refractivity contribution is 7.09. The number of aryl methyl sites for hydroxylation is 2. The molecule has 0 spiro atoms. The number of nitrogens with zero attached hydrogens (tertiary/aromatic N) is 1. The van der Waals surface area contributed by atoms with Crippen molar-refractivity contribution in [3.05, 3.63) is 16.1 Å². The minimum atomic E-state index is -0.476. The standard InChI is InChI=1S/C14H23N3O2S/c1-10-8-20-12(16-10)4-3-7-15-13(19)17-14(2,9-18)11-5-6-11/h8,11,18H,3-7,9H2,1-2H3,(H2,15,17,19). The quantitative estimate of drug-likeness (QED) is 0.672. The molecule has 0 bridgehead atoms. The van der Waals surface area contributed by atoms with E-state index in [0.29, 0.717) is 12.5 Å². The SMILES string of the molecule is Cc1csc(CCCNC(=O)NC(C)(CO)C2CC2)n1. The summed E-state index contributed by atoms with van der Waals surface area (Å²) in [6.07, 6.45) is 3.93. The van der Waals surface area contributed by atoms with E-state index in [9.17, 15) is 9.90 Å². The van der Waals surface area contributed by atoms with Crippen molar-refractivity contribution >= 4 is 17.4 Å². The van der Waals surface area contributed by atoms with Gasteiger partial charge in [0.15, 0.2) is 0 Å². The molecule has 1 saturated carbocycles. The van der Waals surface area contributed by atoms with Gasteiger partial charge >= 0.3 is 6.03 Å². The molecule has 1 unspecified atom stereocenters. The lowest BCUT2D eigenvalue weighted by Gasteiger charge is -2.28. The Bertz CT molecular complexity index is 459. The van der Waals surface area contributed by atoms with E-state index in [1.165, 1.54) is 0 Å². The topological polar surface area (TPSA) is 74.2 Å². The molecule has 0 saturated heterocycles. The van der Waals surface area contributed by atoms with Gasteiger partial charge in [0.2, 0.25) is 0 Å². The maximum atomic E-state index is 11.8. The highest BCUT2D eigenvalue weighted by atomic mass is 32.1. The molecule has 1 aliphatic carbocycles. The summed E-state index contributed by atoms with van der Waals surface area (Å²) in [6.45, 7) is 4.50. The summed E-state index contributed by atoms with van der Waals surface area (Å²) < 4.78 is 0. The Kier molecular flexibility index (Phi) is 4.99. The first-order valence-electron chi connectivity index (χ1n) is 7.11. The largest absolute Gasteiger partial charge is 0.394 e. The molecule has 1 heterocycles. The molecule has 2 amide bonds. The third-order valence-corrected chi connectivity index (χ3v) is 4.75. The summed E-state index contributed by atoms with van der Waals surface area (Å²) in [4.78, 5) is 16.2. The minimum absolute atomic E-state index is 0.0104. The van der Waals surface area contributed by atoms with Crippen LogP contribution in [0.2, 0.25) is 0 Å². The Morgan fingerprint density at radius 1 is 1.60 bits per heavy atom. The molecule has 1 aromatic rings. The first-order valence-corrected chi connectivity index (χ1v) is 7.99. The van der Waals surface area contributed by atoms with Gasteiger partial charge in [-0.15, -0.1) is 11.3 Å². The zero-order chi connectivity index (χ0) is 14.6. The first-order chi connectivity index (χ1) is 9.53. The van der Waals surface area contributed by atoms with E-state index >= 15 is 0 Å². The van der Waals surface area contributed by atoms with Crippen LogP contribution in [0.3, 0.4) is 0 Å². The summed E-state index contributed by atoms with van der Waals surface area (Å²) in [6, 6.07) is -0.191. The molecule has 5 nitrogen and oxygen atoms in total. The number of amides is 2. The average Bonchev–Trinajstić information content (AvgIpc) is 3.19. The van der Waals surface area contributed by atoms with E-state index in [4.69, 9.17) is 0 Å². The monoisotopic (exact) mass is 297 g/mol. The molecule has 0 radical (unpaired) electrons. The lowest BCUT2D eigenvalue weighted by molar-refractivity contribution is 0.155. The smallest absolute Gasteiger partial charge is 0.315 e. The van der Waals surface area contributed by atoms with Crippen LogP contribution < -0.4 is 10.6 Å². The predicted molar refractivity (Wildman–Crippen MR) is 79.9 cm³/mol. The van der Waals surface area contributed by atoms with Gasteiger partial charge in [-0.1, -0.05) is 0 Å². The lowest BCUT2D eigenvalue weighted by atomic mass is 9.97. The number of aromatic nitrogens is 1. The van der Waals surface area contributed by atoms with Crippen LogP contribution in [0.15, 0.2) is 5.38 Å². The van der Waals surface area contributed by atoms with Crippen molar-refractivity contribution in [1.82, 2.24) is 15.6 Å². The molecule has 112 valence electrons. The molecule has 1 fully saturated rings. The average molecular weight is 297 g/mol. The van der Waals surface area contributed by atoms with Gasteiger partial charge in [-0.25, -0.2) is 9.78 Å². The van der Waals surface area contributed by atoms with Gasteiger partial charge in [-0.3, -0.25) is 0 Å². The number of thiazole rings is 1. The number of aliphatic hydroxyl groups excluding tert-OH is 1. The van der Waals surface area contributed by atoms with Gasteiger partial charge in [0, 0.05) is 24.0 Å². The van der Waals surface area contributed by atoms with Crippen molar-refractivity contribution in [1.29, 1.82) is 0 Å². The van der Waals surface area contributed by atoms with Crippen LogP contribution in [0, 0.1) is 12.8 Å². The second-order valence-electron chi connectivity index (χ2n) is 5.72. The van der Waals surface area contributed by atoms with Gasteiger partial charge in [-0.2, -0.15) is 0 Å². The maximum absolute atomic E-state index is 11.8. The van der Waals surface area contributed by atoms with E-state index in [1.54, 1.807) is 11.3 Å². The summed E-state index contributed by atoms with van der Waals surface area (Å²) in [7, 11) is 0. The van der Waals surface area contributed by atoms with E-state index < -0.39 is 5.54 Å². The normalized spacial score (nSPS) is 17.6. The van der Waals surface area contributed by atoms with E-state index in [0.717, 1.165) is 36.4 Å². The predicted octanol–water partition coefficient (Wildman–Crippen LogP) is 1.84. The Morgan fingerprint density at radius 2 is 2.35 bits per heavy atom. The zero-order valence-corrected chi connectivity index (χ0v) is 12.9. The maximum Gasteiger partial charge on any atom is 0.315 e. The number of aliphatic hydroxyl groups is 1. The first kappa shape index (κ1) is 15.3. The van der Waals surface area contributed by atoms with E-state index in [2.05, 4.69) is 15.6 Å². The molecular weight excluding hydrogens is 274 g/mol. The number of rotatable bonds is 7.